The van der Waals surface area contributed by atoms with Gasteiger partial charge in [0.2, 0.25) is 0 Å². The maximum absolute atomic E-state index is 12.4. The molecule has 0 aliphatic carbocycles. The minimum atomic E-state index is -0.0624. The zero-order valence-electron chi connectivity index (χ0n) is 19.1. The number of nitrogens with one attached hydrogen (secondary N) is 2. The Hall–Kier alpha value is -3.47. The van der Waals surface area contributed by atoms with Crippen molar-refractivity contribution < 1.29 is 14.3 Å². The van der Waals surface area contributed by atoms with Gasteiger partial charge in [-0.1, -0.05) is 62.4 Å². The zero-order chi connectivity index (χ0) is 22.8. The average Bonchev–Trinajstić information content (AvgIpc) is 2.81. The van der Waals surface area contributed by atoms with Crippen LogP contribution in [0, 0.1) is 5.92 Å². The first-order valence-electron chi connectivity index (χ1n) is 11.1. The van der Waals surface area contributed by atoms with Gasteiger partial charge in [-0.25, -0.2) is 0 Å². The van der Waals surface area contributed by atoms with Crippen LogP contribution in [0.2, 0.25) is 0 Å². The molecule has 3 aromatic carbocycles. The third-order valence-electron chi connectivity index (χ3n) is 4.86. The van der Waals surface area contributed by atoms with Crippen molar-refractivity contribution >= 4 is 11.6 Å². The van der Waals surface area contributed by atoms with Crippen LogP contribution in [0.25, 0.3) is 0 Å². The topological polar surface area (TPSA) is 59.6 Å². The highest BCUT2D eigenvalue weighted by Crippen LogP contribution is 2.33. The lowest BCUT2D eigenvalue weighted by Crippen LogP contribution is -2.27. The number of para-hydroxylation sites is 1. The fraction of sp³-hybridized carbons (Fsp3) is 0.296. The highest BCUT2D eigenvalue weighted by Gasteiger charge is 2.12. The van der Waals surface area contributed by atoms with Gasteiger partial charge in [0.05, 0.1) is 6.61 Å². The maximum Gasteiger partial charge on any atom is 0.251 e. The smallest absolute Gasteiger partial charge is 0.251 e. The molecule has 0 aromatic heterocycles. The van der Waals surface area contributed by atoms with E-state index >= 15 is 0 Å². The fourth-order valence-corrected chi connectivity index (χ4v) is 3.23. The molecule has 5 heteroatoms. The molecular weight excluding hydrogens is 400 g/mol. The van der Waals surface area contributed by atoms with E-state index in [-0.39, 0.29) is 5.91 Å². The van der Waals surface area contributed by atoms with Gasteiger partial charge >= 0.3 is 0 Å². The zero-order valence-corrected chi connectivity index (χ0v) is 19.1. The van der Waals surface area contributed by atoms with Gasteiger partial charge in [0.15, 0.2) is 11.5 Å². The SMILES string of the molecule is CCOc1cccc(CNc2cccc(C(=O)NCC(C)C)c2)c1OCc1ccccc1. The van der Waals surface area contributed by atoms with Crippen molar-refractivity contribution in [2.75, 3.05) is 18.5 Å². The van der Waals surface area contributed by atoms with Crippen LogP contribution in [-0.2, 0) is 13.2 Å². The second-order valence-electron chi connectivity index (χ2n) is 7.99. The number of carbonyl (C=O) groups excluding carboxylic acids is 1. The van der Waals surface area contributed by atoms with Gasteiger partial charge in [-0.15, -0.1) is 0 Å². The molecule has 168 valence electrons. The monoisotopic (exact) mass is 432 g/mol. The highest BCUT2D eigenvalue weighted by atomic mass is 16.5. The molecule has 0 bridgehead atoms. The normalized spacial score (nSPS) is 10.6. The highest BCUT2D eigenvalue weighted by molar-refractivity contribution is 5.95. The summed E-state index contributed by atoms with van der Waals surface area (Å²) >= 11 is 0. The van der Waals surface area contributed by atoms with Crippen LogP contribution in [0.4, 0.5) is 5.69 Å². The summed E-state index contributed by atoms with van der Waals surface area (Å²) in [6.07, 6.45) is 0. The van der Waals surface area contributed by atoms with E-state index in [1.807, 2.05) is 79.7 Å². The molecule has 3 aromatic rings. The molecule has 32 heavy (non-hydrogen) atoms. The van der Waals surface area contributed by atoms with Gasteiger partial charge in [-0.3, -0.25) is 4.79 Å². The van der Waals surface area contributed by atoms with Crippen LogP contribution in [0.3, 0.4) is 0 Å². The van der Waals surface area contributed by atoms with E-state index in [9.17, 15) is 4.79 Å². The van der Waals surface area contributed by atoms with E-state index < -0.39 is 0 Å². The molecule has 2 N–H and O–H groups in total. The Morgan fingerprint density at radius 2 is 1.72 bits per heavy atom. The number of amides is 1. The molecule has 0 aliphatic heterocycles. The van der Waals surface area contributed by atoms with Crippen LogP contribution < -0.4 is 20.1 Å². The molecule has 0 saturated heterocycles. The van der Waals surface area contributed by atoms with Crippen molar-refractivity contribution in [1.82, 2.24) is 5.32 Å². The molecule has 3 rings (SSSR count). The largest absolute Gasteiger partial charge is 0.490 e. The second kappa shape index (κ2) is 11.8. The quantitative estimate of drug-likeness (QED) is 0.410. The minimum absolute atomic E-state index is 0.0624. The van der Waals surface area contributed by atoms with Crippen LogP contribution in [-0.4, -0.2) is 19.1 Å². The van der Waals surface area contributed by atoms with Gasteiger partial charge in [-0.2, -0.15) is 0 Å². The molecule has 0 unspecified atom stereocenters. The number of hydrogen-bond donors (Lipinski definition) is 2. The number of ether oxygens (including phenoxy) is 2. The average molecular weight is 433 g/mol. The summed E-state index contributed by atoms with van der Waals surface area (Å²) in [5, 5.41) is 6.37. The molecular formula is C27H32N2O3. The van der Waals surface area contributed by atoms with E-state index in [0.717, 1.165) is 28.3 Å². The van der Waals surface area contributed by atoms with Gasteiger partial charge in [-0.05, 0) is 42.7 Å². The summed E-state index contributed by atoms with van der Waals surface area (Å²) < 4.78 is 12.0. The number of rotatable bonds is 11. The summed E-state index contributed by atoms with van der Waals surface area (Å²) in [6, 6.07) is 23.5. The molecule has 5 nitrogen and oxygen atoms in total. The Balaban J connectivity index is 1.72. The summed E-state index contributed by atoms with van der Waals surface area (Å²) in [7, 11) is 0. The molecule has 0 atom stereocenters. The van der Waals surface area contributed by atoms with Crippen LogP contribution in [0.5, 0.6) is 11.5 Å². The second-order valence-corrected chi connectivity index (χ2v) is 7.99. The van der Waals surface area contributed by atoms with E-state index in [1.165, 1.54) is 0 Å². The molecule has 0 radical (unpaired) electrons. The lowest BCUT2D eigenvalue weighted by molar-refractivity contribution is 0.0949. The molecule has 0 aliphatic rings. The maximum atomic E-state index is 12.4. The van der Waals surface area contributed by atoms with Gasteiger partial charge in [0.25, 0.3) is 5.91 Å². The Morgan fingerprint density at radius 3 is 2.47 bits per heavy atom. The van der Waals surface area contributed by atoms with Crippen molar-refractivity contribution in [3.8, 4) is 11.5 Å². The third kappa shape index (κ3) is 6.77. The van der Waals surface area contributed by atoms with Crippen molar-refractivity contribution in [2.24, 2.45) is 5.92 Å². The number of benzene rings is 3. The van der Waals surface area contributed by atoms with Gasteiger partial charge < -0.3 is 20.1 Å². The lowest BCUT2D eigenvalue weighted by atomic mass is 10.1. The Bertz CT molecular complexity index is 1000. The molecule has 0 saturated carbocycles. The van der Waals surface area contributed by atoms with E-state index in [2.05, 4.69) is 24.5 Å². The van der Waals surface area contributed by atoms with Crippen molar-refractivity contribution in [3.05, 3.63) is 89.5 Å². The predicted octanol–water partition coefficient (Wildman–Crippen LogP) is 5.66. The lowest BCUT2D eigenvalue weighted by Gasteiger charge is -2.17. The van der Waals surface area contributed by atoms with Gasteiger partial charge in [0.1, 0.15) is 6.61 Å². The Labute approximate surface area is 190 Å². The third-order valence-corrected chi connectivity index (χ3v) is 4.86. The van der Waals surface area contributed by atoms with E-state index in [0.29, 0.717) is 37.8 Å². The molecule has 0 spiro atoms. The Morgan fingerprint density at radius 1 is 0.938 bits per heavy atom. The number of carbonyl (C=O) groups is 1. The summed E-state index contributed by atoms with van der Waals surface area (Å²) in [6.45, 7) is 8.33. The van der Waals surface area contributed by atoms with Crippen molar-refractivity contribution in [1.29, 1.82) is 0 Å². The van der Waals surface area contributed by atoms with Crippen LogP contribution in [0.1, 0.15) is 42.3 Å². The number of anilines is 1. The van der Waals surface area contributed by atoms with Crippen molar-refractivity contribution in [3.63, 3.8) is 0 Å². The summed E-state index contributed by atoms with van der Waals surface area (Å²) in [5.74, 6) is 1.81. The van der Waals surface area contributed by atoms with E-state index in [1.54, 1.807) is 0 Å². The van der Waals surface area contributed by atoms with Crippen LogP contribution >= 0.6 is 0 Å². The Kier molecular flexibility index (Phi) is 8.55. The first-order valence-corrected chi connectivity index (χ1v) is 11.1. The predicted molar refractivity (Wildman–Crippen MR) is 129 cm³/mol. The fourth-order valence-electron chi connectivity index (χ4n) is 3.23. The first-order chi connectivity index (χ1) is 15.6. The van der Waals surface area contributed by atoms with Crippen LogP contribution in [0.15, 0.2) is 72.8 Å². The van der Waals surface area contributed by atoms with Crippen molar-refractivity contribution in [2.45, 2.75) is 33.9 Å². The van der Waals surface area contributed by atoms with Gasteiger partial charge in [0, 0.05) is 29.9 Å². The molecule has 1 amide bonds. The summed E-state index contributed by atoms with van der Waals surface area (Å²) in [5.41, 5.74) is 3.59. The summed E-state index contributed by atoms with van der Waals surface area (Å²) in [4.78, 5) is 12.4. The molecule has 0 fully saturated rings. The molecule has 0 heterocycles. The standard InChI is InChI=1S/C27H32N2O3/c1-4-31-25-15-9-13-23(26(25)32-19-21-10-6-5-7-11-21)18-28-24-14-8-12-22(16-24)27(30)29-17-20(2)3/h5-16,20,28H,4,17-19H2,1-3H3,(H,29,30). The van der Waals surface area contributed by atoms with E-state index in [4.69, 9.17) is 9.47 Å². The number of hydrogen-bond acceptors (Lipinski definition) is 4. The minimum Gasteiger partial charge on any atom is -0.490 e. The first kappa shape index (κ1) is 23.2.